The van der Waals surface area contributed by atoms with Crippen LogP contribution in [0.3, 0.4) is 0 Å². The maximum absolute atomic E-state index is 12.7. The number of carbonyl (C=O) groups excluding carboxylic acids is 1. The first-order valence-corrected chi connectivity index (χ1v) is 13.3. The number of ether oxygens (including phenoxy) is 2. The molecule has 0 N–H and O–H groups in total. The topological polar surface area (TPSA) is 85.1 Å². The first kappa shape index (κ1) is 26.7. The molecule has 1 aromatic heterocycles. The lowest BCUT2D eigenvalue weighted by Gasteiger charge is -2.34. The summed E-state index contributed by atoms with van der Waals surface area (Å²) >= 11 is 0. The van der Waals surface area contributed by atoms with Gasteiger partial charge >= 0.3 is 5.97 Å². The maximum atomic E-state index is 12.7. The molecule has 0 radical (unpaired) electrons. The highest BCUT2D eigenvalue weighted by atomic mass is 16.5. The van der Waals surface area contributed by atoms with E-state index in [1.807, 2.05) is 30.3 Å². The summed E-state index contributed by atoms with van der Waals surface area (Å²) in [7, 11) is 0. The van der Waals surface area contributed by atoms with E-state index in [0.717, 1.165) is 49.8 Å². The Bertz CT molecular complexity index is 943. The van der Waals surface area contributed by atoms with Crippen LogP contribution in [0.25, 0.3) is 11.3 Å². The number of hydrogen-bond acceptors (Lipinski definition) is 6. The molecule has 0 amide bonds. The van der Waals surface area contributed by atoms with Gasteiger partial charge in [0.05, 0.1) is 29.7 Å². The fourth-order valence-electron chi connectivity index (χ4n) is 4.66. The number of nitriles is 1. The highest BCUT2D eigenvalue weighted by Crippen LogP contribution is 2.42. The van der Waals surface area contributed by atoms with Gasteiger partial charge < -0.3 is 9.47 Å². The Balaban J connectivity index is 1.47. The van der Waals surface area contributed by atoms with Gasteiger partial charge in [-0.2, -0.15) is 5.26 Å². The third-order valence-electron chi connectivity index (χ3n) is 7.03. The van der Waals surface area contributed by atoms with Gasteiger partial charge in [0.25, 0.3) is 0 Å². The molecule has 0 spiro atoms. The lowest BCUT2D eigenvalue weighted by Crippen LogP contribution is -2.31. The number of benzene rings is 1. The molecule has 3 rings (SSSR count). The Kier molecular flexibility index (Phi) is 10.5. The molecule has 35 heavy (non-hydrogen) atoms. The predicted octanol–water partition coefficient (Wildman–Crippen LogP) is 7.29. The number of unbranched alkanes of at least 4 members (excludes halogenated alkanes) is 5. The van der Waals surface area contributed by atoms with Crippen molar-refractivity contribution in [3.05, 3.63) is 36.4 Å². The van der Waals surface area contributed by atoms with Crippen molar-refractivity contribution >= 4 is 5.97 Å². The monoisotopic (exact) mass is 477 g/mol. The second-order valence-electron chi connectivity index (χ2n) is 9.73. The summed E-state index contributed by atoms with van der Waals surface area (Å²) in [6.45, 7) is 5.06. The van der Waals surface area contributed by atoms with Crippen LogP contribution in [0.4, 0.5) is 0 Å². The van der Waals surface area contributed by atoms with Gasteiger partial charge in [-0.3, -0.25) is 4.79 Å². The molecule has 0 aliphatic heterocycles. The molecule has 1 saturated carbocycles. The minimum absolute atomic E-state index is 0.182. The summed E-state index contributed by atoms with van der Waals surface area (Å²) in [6.07, 6.45) is 12.0. The highest BCUT2D eigenvalue weighted by Gasteiger charge is 2.38. The molecule has 1 aliphatic rings. The quantitative estimate of drug-likeness (QED) is 0.222. The van der Waals surface area contributed by atoms with Crippen LogP contribution >= 0.6 is 0 Å². The Labute approximate surface area is 210 Å². The zero-order chi connectivity index (χ0) is 24.9. The van der Waals surface area contributed by atoms with Crippen molar-refractivity contribution in [3.63, 3.8) is 0 Å². The molecule has 2 aromatic rings. The van der Waals surface area contributed by atoms with Crippen molar-refractivity contribution in [2.75, 3.05) is 6.61 Å². The van der Waals surface area contributed by atoms with E-state index in [0.29, 0.717) is 25.1 Å². The molecule has 0 saturated heterocycles. The smallest absolute Gasteiger partial charge is 0.315 e. The van der Waals surface area contributed by atoms with E-state index in [9.17, 15) is 10.1 Å². The van der Waals surface area contributed by atoms with Gasteiger partial charge in [-0.15, -0.1) is 10.2 Å². The molecule has 1 aliphatic carbocycles. The van der Waals surface area contributed by atoms with E-state index in [1.54, 1.807) is 6.07 Å². The van der Waals surface area contributed by atoms with Crippen LogP contribution in [0, 0.1) is 22.7 Å². The number of rotatable bonds is 13. The fraction of sp³-hybridized carbons (Fsp3) is 0.586. The molecular weight excluding hydrogens is 438 g/mol. The number of esters is 1. The summed E-state index contributed by atoms with van der Waals surface area (Å²) in [5.74, 6) is 0.602. The van der Waals surface area contributed by atoms with Gasteiger partial charge in [0.1, 0.15) is 5.75 Å². The first-order chi connectivity index (χ1) is 17.1. The lowest BCUT2D eigenvalue weighted by atomic mass is 9.69. The third kappa shape index (κ3) is 8.06. The highest BCUT2D eigenvalue weighted by molar-refractivity contribution is 5.75. The molecule has 1 aromatic carbocycles. The Morgan fingerprint density at radius 3 is 2.31 bits per heavy atom. The number of carbonyl (C=O) groups is 1. The van der Waals surface area contributed by atoms with Crippen LogP contribution in [-0.4, -0.2) is 22.8 Å². The minimum atomic E-state index is -0.277. The van der Waals surface area contributed by atoms with Crippen LogP contribution in [0.2, 0.25) is 0 Å². The summed E-state index contributed by atoms with van der Waals surface area (Å²) in [5.41, 5.74) is 1.36. The lowest BCUT2D eigenvalue weighted by molar-refractivity contribution is -0.140. The average Bonchev–Trinajstić information content (AvgIpc) is 2.90. The standard InChI is InChI=1S/C29H39N3O3/c1-3-5-7-8-9-18-29(22-30)19-16-24(17-20-29)28(33)35-27-15-14-26(31-32-27)23-10-12-25(13-11-23)34-21-6-4-2/h10-15,24H,3-9,16-21H2,1-2H3. The van der Waals surface area contributed by atoms with E-state index in [4.69, 9.17) is 9.47 Å². The van der Waals surface area contributed by atoms with Gasteiger partial charge in [-0.25, -0.2) is 0 Å². The molecule has 0 unspecified atom stereocenters. The summed E-state index contributed by atoms with van der Waals surface area (Å²) in [6, 6.07) is 13.8. The molecule has 0 bridgehead atoms. The number of aromatic nitrogens is 2. The van der Waals surface area contributed by atoms with Gasteiger partial charge in [0, 0.05) is 11.6 Å². The van der Waals surface area contributed by atoms with Crippen LogP contribution < -0.4 is 9.47 Å². The van der Waals surface area contributed by atoms with Crippen molar-refractivity contribution in [2.24, 2.45) is 11.3 Å². The molecule has 1 fully saturated rings. The van der Waals surface area contributed by atoms with Crippen molar-refractivity contribution in [2.45, 2.75) is 90.9 Å². The Morgan fingerprint density at radius 2 is 1.69 bits per heavy atom. The van der Waals surface area contributed by atoms with Crippen molar-refractivity contribution in [1.82, 2.24) is 10.2 Å². The zero-order valence-corrected chi connectivity index (χ0v) is 21.3. The van der Waals surface area contributed by atoms with E-state index in [1.165, 1.54) is 25.7 Å². The number of hydrogen-bond donors (Lipinski definition) is 0. The predicted molar refractivity (Wildman–Crippen MR) is 137 cm³/mol. The largest absolute Gasteiger partial charge is 0.494 e. The molecule has 188 valence electrons. The normalized spacial score (nSPS) is 19.6. The van der Waals surface area contributed by atoms with E-state index in [-0.39, 0.29) is 23.2 Å². The van der Waals surface area contributed by atoms with E-state index < -0.39 is 0 Å². The first-order valence-electron chi connectivity index (χ1n) is 13.3. The second kappa shape index (κ2) is 13.8. The van der Waals surface area contributed by atoms with Crippen molar-refractivity contribution in [3.8, 4) is 29.0 Å². The van der Waals surface area contributed by atoms with Crippen LogP contribution in [0.5, 0.6) is 11.6 Å². The molecule has 6 heteroatoms. The van der Waals surface area contributed by atoms with Crippen LogP contribution in [-0.2, 0) is 4.79 Å². The SMILES string of the molecule is CCCCCCCC1(C#N)CCC(C(=O)Oc2ccc(-c3ccc(OCCCC)cc3)nn2)CC1. The fourth-order valence-corrected chi connectivity index (χ4v) is 4.66. The summed E-state index contributed by atoms with van der Waals surface area (Å²) in [5, 5.41) is 18.1. The van der Waals surface area contributed by atoms with Crippen LogP contribution in [0.1, 0.15) is 90.9 Å². The van der Waals surface area contributed by atoms with Gasteiger partial charge in [0.15, 0.2) is 0 Å². The van der Waals surface area contributed by atoms with Gasteiger partial charge in [-0.05, 0) is 68.9 Å². The molecule has 6 nitrogen and oxygen atoms in total. The maximum Gasteiger partial charge on any atom is 0.315 e. The van der Waals surface area contributed by atoms with E-state index >= 15 is 0 Å². The van der Waals surface area contributed by atoms with Crippen molar-refractivity contribution < 1.29 is 14.3 Å². The van der Waals surface area contributed by atoms with Crippen LogP contribution in [0.15, 0.2) is 36.4 Å². The molecule has 0 atom stereocenters. The second-order valence-corrected chi connectivity index (χ2v) is 9.73. The minimum Gasteiger partial charge on any atom is -0.494 e. The number of nitrogens with zero attached hydrogens (tertiary/aromatic N) is 3. The Hall–Kier alpha value is -2.94. The van der Waals surface area contributed by atoms with Gasteiger partial charge in [0.2, 0.25) is 5.88 Å². The summed E-state index contributed by atoms with van der Waals surface area (Å²) < 4.78 is 11.2. The summed E-state index contributed by atoms with van der Waals surface area (Å²) in [4.78, 5) is 12.7. The molecule has 1 heterocycles. The third-order valence-corrected chi connectivity index (χ3v) is 7.03. The zero-order valence-electron chi connectivity index (χ0n) is 21.3. The average molecular weight is 478 g/mol. The van der Waals surface area contributed by atoms with Crippen molar-refractivity contribution in [1.29, 1.82) is 5.26 Å². The molecular formula is C29H39N3O3. The van der Waals surface area contributed by atoms with Gasteiger partial charge in [-0.1, -0.05) is 52.4 Å². The van der Waals surface area contributed by atoms with E-state index in [2.05, 4.69) is 30.1 Å². The Morgan fingerprint density at radius 1 is 0.971 bits per heavy atom.